The number of aliphatic hydroxyl groups is 1. The molecule has 1 aliphatic rings. The van der Waals surface area contributed by atoms with Crippen LogP contribution in [-0.2, 0) is 19.9 Å². The van der Waals surface area contributed by atoms with Crippen LogP contribution in [0.4, 0.5) is 0 Å². The molecular formula is C11H10O5. The van der Waals surface area contributed by atoms with Gasteiger partial charge in [-0.2, -0.15) is 0 Å². The van der Waals surface area contributed by atoms with Crippen LogP contribution in [0.25, 0.3) is 0 Å². The third-order valence-corrected chi connectivity index (χ3v) is 2.35. The van der Waals surface area contributed by atoms with Crippen LogP contribution in [0.3, 0.4) is 0 Å². The first-order valence-corrected chi connectivity index (χ1v) is 4.82. The van der Waals surface area contributed by atoms with Crippen molar-refractivity contribution in [2.45, 2.75) is 12.5 Å². The van der Waals surface area contributed by atoms with E-state index in [1.807, 2.05) is 0 Å². The van der Waals surface area contributed by atoms with Crippen LogP contribution in [0.5, 0.6) is 5.75 Å². The summed E-state index contributed by atoms with van der Waals surface area (Å²) in [4.78, 5) is 23.1. The molecule has 1 aliphatic heterocycles. The first kappa shape index (κ1) is 10.6. The Labute approximate surface area is 91.6 Å². The quantitative estimate of drug-likeness (QED) is 0.444. The molecule has 1 aromatic rings. The van der Waals surface area contributed by atoms with E-state index in [-0.39, 0.29) is 17.9 Å². The molecular weight excluding hydrogens is 212 g/mol. The highest BCUT2D eigenvalue weighted by atomic mass is 16.6. The van der Waals surface area contributed by atoms with E-state index < -0.39 is 17.5 Å². The summed E-state index contributed by atoms with van der Waals surface area (Å²) in [7, 11) is 0. The summed E-state index contributed by atoms with van der Waals surface area (Å²) in [5.74, 6) is -1.85. The van der Waals surface area contributed by atoms with E-state index in [9.17, 15) is 14.7 Å². The van der Waals surface area contributed by atoms with Gasteiger partial charge in [0, 0.05) is 5.56 Å². The van der Waals surface area contributed by atoms with Gasteiger partial charge in [0.05, 0.1) is 6.61 Å². The van der Waals surface area contributed by atoms with Crippen LogP contribution in [0.15, 0.2) is 24.3 Å². The van der Waals surface area contributed by atoms with Crippen molar-refractivity contribution in [3.8, 4) is 5.75 Å². The zero-order chi connectivity index (χ0) is 11.8. The van der Waals surface area contributed by atoms with Gasteiger partial charge in [0.25, 0.3) is 5.60 Å². The second kappa shape index (κ2) is 3.61. The predicted molar refractivity (Wildman–Crippen MR) is 52.6 cm³/mol. The lowest BCUT2D eigenvalue weighted by molar-refractivity contribution is -0.176. The number of para-hydroxylation sites is 1. The van der Waals surface area contributed by atoms with Gasteiger partial charge in [-0.05, 0) is 13.0 Å². The SMILES string of the molecule is CCOC(=O)[C@]1(O)C(=O)Oc2ccccc21. The van der Waals surface area contributed by atoms with Crippen molar-refractivity contribution in [2.24, 2.45) is 0 Å². The Morgan fingerprint density at radius 1 is 1.50 bits per heavy atom. The smallest absolute Gasteiger partial charge is 0.360 e. The van der Waals surface area contributed by atoms with E-state index in [1.54, 1.807) is 19.1 Å². The maximum Gasteiger partial charge on any atom is 0.360 e. The minimum atomic E-state index is -2.33. The van der Waals surface area contributed by atoms with E-state index in [0.717, 1.165) is 0 Å². The Bertz CT molecular complexity index is 453. The van der Waals surface area contributed by atoms with E-state index >= 15 is 0 Å². The number of rotatable bonds is 2. The Morgan fingerprint density at radius 3 is 2.88 bits per heavy atom. The molecule has 5 heteroatoms. The van der Waals surface area contributed by atoms with Crippen molar-refractivity contribution >= 4 is 11.9 Å². The number of carbonyl (C=O) groups is 2. The largest absolute Gasteiger partial charge is 0.463 e. The Morgan fingerprint density at radius 2 is 2.19 bits per heavy atom. The van der Waals surface area contributed by atoms with Gasteiger partial charge in [0.1, 0.15) is 5.75 Å². The summed E-state index contributed by atoms with van der Waals surface area (Å²) in [5, 5.41) is 10.1. The van der Waals surface area contributed by atoms with Gasteiger partial charge in [-0.15, -0.1) is 0 Å². The third-order valence-electron chi connectivity index (χ3n) is 2.35. The van der Waals surface area contributed by atoms with Gasteiger partial charge < -0.3 is 14.6 Å². The highest BCUT2D eigenvalue weighted by molar-refractivity contribution is 6.08. The molecule has 2 rings (SSSR count). The monoisotopic (exact) mass is 222 g/mol. The average Bonchev–Trinajstić information content (AvgIpc) is 2.53. The minimum Gasteiger partial charge on any atom is -0.463 e. The van der Waals surface area contributed by atoms with Gasteiger partial charge in [-0.3, -0.25) is 0 Å². The van der Waals surface area contributed by atoms with Crippen molar-refractivity contribution in [1.29, 1.82) is 0 Å². The topological polar surface area (TPSA) is 72.8 Å². The highest BCUT2D eigenvalue weighted by Gasteiger charge is 2.55. The molecule has 16 heavy (non-hydrogen) atoms. The zero-order valence-electron chi connectivity index (χ0n) is 8.60. The maximum absolute atomic E-state index is 11.6. The van der Waals surface area contributed by atoms with Crippen LogP contribution < -0.4 is 4.74 Å². The molecule has 0 unspecified atom stereocenters. The lowest BCUT2D eigenvalue weighted by Crippen LogP contribution is -2.43. The van der Waals surface area contributed by atoms with Gasteiger partial charge in [0.15, 0.2) is 0 Å². The summed E-state index contributed by atoms with van der Waals surface area (Å²) >= 11 is 0. The van der Waals surface area contributed by atoms with Crippen molar-refractivity contribution in [1.82, 2.24) is 0 Å². The molecule has 0 spiro atoms. The van der Waals surface area contributed by atoms with Crippen LogP contribution in [-0.4, -0.2) is 23.7 Å². The van der Waals surface area contributed by atoms with E-state index in [0.29, 0.717) is 0 Å². The summed E-state index contributed by atoms with van der Waals surface area (Å²) in [5.41, 5.74) is -2.20. The number of benzene rings is 1. The summed E-state index contributed by atoms with van der Waals surface area (Å²) in [6, 6.07) is 6.20. The molecule has 0 aromatic heterocycles. The molecule has 84 valence electrons. The van der Waals surface area contributed by atoms with Gasteiger partial charge in [-0.1, -0.05) is 18.2 Å². The number of hydrogen-bond acceptors (Lipinski definition) is 5. The molecule has 0 saturated heterocycles. The molecule has 0 bridgehead atoms. The van der Waals surface area contributed by atoms with Crippen molar-refractivity contribution < 1.29 is 24.2 Å². The molecule has 1 atom stereocenters. The van der Waals surface area contributed by atoms with Crippen LogP contribution >= 0.6 is 0 Å². The lowest BCUT2D eigenvalue weighted by atomic mass is 9.96. The van der Waals surface area contributed by atoms with E-state index in [1.165, 1.54) is 12.1 Å². The van der Waals surface area contributed by atoms with Crippen LogP contribution in [0.1, 0.15) is 12.5 Å². The Balaban J connectivity index is 2.48. The molecule has 5 nitrogen and oxygen atoms in total. The zero-order valence-corrected chi connectivity index (χ0v) is 8.60. The summed E-state index contributed by atoms with van der Waals surface area (Å²) in [6.45, 7) is 1.67. The number of ether oxygens (including phenoxy) is 2. The molecule has 1 N–H and O–H groups in total. The fourth-order valence-electron chi connectivity index (χ4n) is 1.57. The number of esters is 2. The fraction of sp³-hybridized carbons (Fsp3) is 0.273. The summed E-state index contributed by atoms with van der Waals surface area (Å²) < 4.78 is 9.47. The number of carbonyl (C=O) groups excluding carboxylic acids is 2. The molecule has 1 heterocycles. The second-order valence-corrected chi connectivity index (χ2v) is 3.32. The van der Waals surface area contributed by atoms with Gasteiger partial charge in [0.2, 0.25) is 0 Å². The maximum atomic E-state index is 11.6. The summed E-state index contributed by atoms with van der Waals surface area (Å²) in [6.07, 6.45) is 0. The number of hydrogen-bond donors (Lipinski definition) is 1. The lowest BCUT2D eigenvalue weighted by Gasteiger charge is -2.16. The molecule has 0 fully saturated rings. The van der Waals surface area contributed by atoms with Crippen LogP contribution in [0, 0.1) is 0 Å². The standard InChI is InChI=1S/C11H10O5/c1-2-15-9(12)11(14)7-5-3-4-6-8(7)16-10(11)13/h3-6,14H,2H2,1H3/t11-/m0/s1. The highest BCUT2D eigenvalue weighted by Crippen LogP contribution is 2.38. The van der Waals surface area contributed by atoms with E-state index in [2.05, 4.69) is 4.74 Å². The molecule has 0 radical (unpaired) electrons. The first-order valence-electron chi connectivity index (χ1n) is 4.82. The molecule has 0 aliphatic carbocycles. The Hall–Kier alpha value is -1.88. The Kier molecular flexibility index (Phi) is 2.40. The fourth-order valence-corrected chi connectivity index (χ4v) is 1.57. The average molecular weight is 222 g/mol. The number of fused-ring (bicyclic) bond motifs is 1. The van der Waals surface area contributed by atoms with Crippen molar-refractivity contribution in [2.75, 3.05) is 6.61 Å². The first-order chi connectivity index (χ1) is 7.60. The van der Waals surface area contributed by atoms with Crippen molar-refractivity contribution in [3.05, 3.63) is 29.8 Å². The van der Waals surface area contributed by atoms with Gasteiger partial charge in [-0.25, -0.2) is 9.59 Å². The van der Waals surface area contributed by atoms with E-state index in [4.69, 9.17) is 4.74 Å². The predicted octanol–water partition coefficient (Wildman–Crippen LogP) is 0.356. The van der Waals surface area contributed by atoms with Gasteiger partial charge >= 0.3 is 11.9 Å². The molecule has 1 aromatic carbocycles. The van der Waals surface area contributed by atoms with Crippen LogP contribution in [0.2, 0.25) is 0 Å². The second-order valence-electron chi connectivity index (χ2n) is 3.32. The van der Waals surface area contributed by atoms with Crippen molar-refractivity contribution in [3.63, 3.8) is 0 Å². The molecule has 0 amide bonds. The third kappa shape index (κ3) is 1.29. The minimum absolute atomic E-state index is 0.0800. The normalized spacial score (nSPS) is 22.5. The molecule has 0 saturated carbocycles.